The third kappa shape index (κ3) is 6.39. The van der Waals surface area contributed by atoms with E-state index in [-0.39, 0.29) is 5.57 Å². The zero-order chi connectivity index (χ0) is 19.6. The normalized spacial score (nSPS) is 10.8. The number of benzene rings is 2. The molecule has 138 valence electrons. The minimum atomic E-state index is -0.459. The molecule has 0 fully saturated rings. The molecule has 0 aliphatic carbocycles. The first-order valence-electron chi connectivity index (χ1n) is 8.51. The van der Waals surface area contributed by atoms with Crippen LogP contribution in [0, 0.1) is 11.3 Å². The molecule has 1 amide bonds. The summed E-state index contributed by atoms with van der Waals surface area (Å²) in [4.78, 5) is 24.1. The number of hydrogen-bond donors (Lipinski definition) is 1. The molecule has 0 unspecified atom stereocenters. The Labute approximate surface area is 166 Å². The number of nitrogens with one attached hydrogen (secondary N) is 1. The van der Waals surface area contributed by atoms with Crippen LogP contribution in [0.1, 0.15) is 35.7 Å². The van der Waals surface area contributed by atoms with Crippen molar-refractivity contribution in [2.24, 2.45) is 0 Å². The van der Waals surface area contributed by atoms with Crippen molar-refractivity contribution in [2.45, 2.75) is 19.8 Å². The van der Waals surface area contributed by atoms with Crippen LogP contribution in [0.2, 0.25) is 0 Å². The highest BCUT2D eigenvalue weighted by Gasteiger charge is 2.10. The lowest BCUT2D eigenvalue weighted by molar-refractivity contribution is -0.117. The van der Waals surface area contributed by atoms with Crippen LogP contribution >= 0.6 is 15.9 Å². The van der Waals surface area contributed by atoms with Gasteiger partial charge in [0.05, 0.1) is 5.56 Å². The average Bonchev–Trinajstić information content (AvgIpc) is 2.68. The molecule has 6 heteroatoms. The molecule has 0 atom stereocenters. The molecule has 5 nitrogen and oxygen atoms in total. The Morgan fingerprint density at radius 3 is 2.41 bits per heavy atom. The fourth-order valence-electron chi connectivity index (χ4n) is 2.17. The van der Waals surface area contributed by atoms with Crippen molar-refractivity contribution in [3.8, 4) is 11.8 Å². The number of ether oxygens (including phenoxy) is 1. The van der Waals surface area contributed by atoms with E-state index in [1.165, 1.54) is 6.08 Å². The van der Waals surface area contributed by atoms with Gasteiger partial charge in [-0.3, -0.25) is 4.79 Å². The summed E-state index contributed by atoms with van der Waals surface area (Å²) >= 11 is 3.31. The number of esters is 1. The predicted molar refractivity (Wildman–Crippen MR) is 107 cm³/mol. The molecular weight excluding hydrogens is 408 g/mol. The highest BCUT2D eigenvalue weighted by molar-refractivity contribution is 9.10. The molecule has 0 aliphatic heterocycles. The summed E-state index contributed by atoms with van der Waals surface area (Å²) in [6.07, 6.45) is 3.33. The molecule has 2 aromatic carbocycles. The SMILES string of the molecule is CCCCNC(=O)/C(C#N)=C/c1ccc(OC(=O)c2ccc(Br)cc2)cc1. The molecular formula is C21H19BrN2O3. The van der Waals surface area contributed by atoms with E-state index in [0.29, 0.717) is 23.4 Å². The van der Waals surface area contributed by atoms with Crippen molar-refractivity contribution in [2.75, 3.05) is 6.54 Å². The number of carbonyl (C=O) groups excluding carboxylic acids is 2. The highest BCUT2D eigenvalue weighted by Crippen LogP contribution is 2.17. The van der Waals surface area contributed by atoms with Gasteiger partial charge in [0.15, 0.2) is 0 Å². The van der Waals surface area contributed by atoms with Crippen molar-refractivity contribution in [3.63, 3.8) is 0 Å². The number of rotatable bonds is 7. The summed E-state index contributed by atoms with van der Waals surface area (Å²) in [6.45, 7) is 2.57. The number of nitrogens with zero attached hydrogens (tertiary/aromatic N) is 1. The maximum atomic E-state index is 12.1. The highest BCUT2D eigenvalue weighted by atomic mass is 79.9. The van der Waals surface area contributed by atoms with Crippen molar-refractivity contribution in [1.82, 2.24) is 5.32 Å². The first kappa shape index (κ1) is 20.4. The fraction of sp³-hybridized carbons (Fsp3) is 0.190. The largest absolute Gasteiger partial charge is 0.423 e. The number of carbonyl (C=O) groups is 2. The number of hydrogen-bond acceptors (Lipinski definition) is 4. The van der Waals surface area contributed by atoms with E-state index in [2.05, 4.69) is 21.2 Å². The maximum absolute atomic E-state index is 12.1. The smallest absolute Gasteiger partial charge is 0.343 e. The van der Waals surface area contributed by atoms with Crippen LogP contribution in [-0.4, -0.2) is 18.4 Å². The summed E-state index contributed by atoms with van der Waals surface area (Å²) in [7, 11) is 0. The second-order valence-corrected chi connectivity index (χ2v) is 6.66. The zero-order valence-corrected chi connectivity index (χ0v) is 16.5. The molecule has 0 spiro atoms. The molecule has 0 heterocycles. The van der Waals surface area contributed by atoms with Gasteiger partial charge in [0.2, 0.25) is 0 Å². The third-order valence-corrected chi connectivity index (χ3v) is 4.19. The van der Waals surface area contributed by atoms with Gasteiger partial charge in [0.25, 0.3) is 5.91 Å². The van der Waals surface area contributed by atoms with Crippen molar-refractivity contribution in [3.05, 3.63) is 69.7 Å². The van der Waals surface area contributed by atoms with Gasteiger partial charge in [-0.25, -0.2) is 4.79 Å². The minimum Gasteiger partial charge on any atom is -0.423 e. The van der Waals surface area contributed by atoms with Crippen LogP contribution in [0.25, 0.3) is 6.08 Å². The molecule has 0 aliphatic rings. The molecule has 2 aromatic rings. The Kier molecular flexibility index (Phi) is 7.78. The molecule has 2 rings (SSSR count). The van der Waals surface area contributed by atoms with Crippen molar-refractivity contribution >= 4 is 33.9 Å². The Balaban J connectivity index is 2.03. The van der Waals surface area contributed by atoms with Gasteiger partial charge in [-0.1, -0.05) is 41.4 Å². The Hall–Kier alpha value is -2.91. The standard InChI is InChI=1S/C21H19BrN2O3/c1-2-3-12-24-20(25)17(14-23)13-15-4-10-19(11-5-15)27-21(26)16-6-8-18(22)9-7-16/h4-11,13H,2-3,12H2,1H3,(H,24,25)/b17-13+. The number of halogens is 1. The zero-order valence-electron chi connectivity index (χ0n) is 14.9. The Bertz CT molecular complexity index is 866. The summed E-state index contributed by atoms with van der Waals surface area (Å²) < 4.78 is 6.20. The van der Waals surface area contributed by atoms with E-state index in [0.717, 1.165) is 17.3 Å². The van der Waals surface area contributed by atoms with Crippen LogP contribution in [0.5, 0.6) is 5.75 Å². The summed E-state index contributed by atoms with van der Waals surface area (Å²) in [5, 5.41) is 11.9. The average molecular weight is 427 g/mol. The van der Waals surface area contributed by atoms with Crippen LogP contribution in [0.15, 0.2) is 58.6 Å². The van der Waals surface area contributed by atoms with Crippen LogP contribution in [-0.2, 0) is 4.79 Å². The predicted octanol–water partition coefficient (Wildman–Crippen LogP) is 4.49. The molecule has 0 radical (unpaired) electrons. The van der Waals surface area contributed by atoms with Crippen LogP contribution < -0.4 is 10.1 Å². The summed E-state index contributed by atoms with van der Waals surface area (Å²) in [6, 6.07) is 15.4. The minimum absolute atomic E-state index is 0.0331. The van der Waals surface area contributed by atoms with Crippen molar-refractivity contribution in [1.29, 1.82) is 5.26 Å². The Morgan fingerprint density at radius 2 is 1.81 bits per heavy atom. The van der Waals surface area contributed by atoms with Crippen LogP contribution in [0.3, 0.4) is 0 Å². The third-order valence-electron chi connectivity index (χ3n) is 3.66. The molecule has 27 heavy (non-hydrogen) atoms. The lowest BCUT2D eigenvalue weighted by Crippen LogP contribution is -2.25. The van der Waals surface area contributed by atoms with Gasteiger partial charge in [-0.2, -0.15) is 5.26 Å². The maximum Gasteiger partial charge on any atom is 0.343 e. The monoisotopic (exact) mass is 426 g/mol. The lowest BCUT2D eigenvalue weighted by Gasteiger charge is -2.05. The summed E-state index contributed by atoms with van der Waals surface area (Å²) in [5.74, 6) is -0.471. The van der Waals surface area contributed by atoms with Crippen LogP contribution in [0.4, 0.5) is 0 Å². The topological polar surface area (TPSA) is 79.2 Å². The van der Waals surface area contributed by atoms with E-state index in [4.69, 9.17) is 4.74 Å². The molecule has 0 bridgehead atoms. The quantitative estimate of drug-likeness (QED) is 0.232. The first-order chi connectivity index (χ1) is 13.0. The molecule has 1 N–H and O–H groups in total. The van der Waals surface area contributed by atoms with Gasteiger partial charge in [0.1, 0.15) is 17.4 Å². The van der Waals surface area contributed by atoms with Crippen molar-refractivity contribution < 1.29 is 14.3 Å². The molecule has 0 aromatic heterocycles. The Morgan fingerprint density at radius 1 is 1.15 bits per heavy atom. The van der Waals surface area contributed by atoms with Gasteiger partial charge < -0.3 is 10.1 Å². The van der Waals surface area contributed by atoms with Gasteiger partial charge in [0, 0.05) is 11.0 Å². The first-order valence-corrected chi connectivity index (χ1v) is 9.30. The number of unbranched alkanes of at least 4 members (excludes halogenated alkanes) is 1. The van der Waals surface area contributed by atoms with Gasteiger partial charge in [-0.05, 0) is 54.5 Å². The van der Waals surface area contributed by atoms with E-state index < -0.39 is 11.9 Å². The second-order valence-electron chi connectivity index (χ2n) is 5.74. The number of amides is 1. The molecule has 0 saturated heterocycles. The molecule has 0 saturated carbocycles. The summed E-state index contributed by atoms with van der Waals surface area (Å²) in [5.41, 5.74) is 1.14. The van der Waals surface area contributed by atoms with E-state index in [9.17, 15) is 14.9 Å². The van der Waals surface area contributed by atoms with E-state index in [1.54, 1.807) is 48.5 Å². The fourth-order valence-corrected chi connectivity index (χ4v) is 2.44. The van der Waals surface area contributed by atoms with Gasteiger partial charge >= 0.3 is 5.97 Å². The number of nitriles is 1. The second kappa shape index (κ2) is 10.3. The van der Waals surface area contributed by atoms with E-state index >= 15 is 0 Å². The van der Waals surface area contributed by atoms with E-state index in [1.807, 2.05) is 13.0 Å². The van der Waals surface area contributed by atoms with Gasteiger partial charge in [-0.15, -0.1) is 0 Å². The lowest BCUT2D eigenvalue weighted by atomic mass is 10.1.